The Morgan fingerprint density at radius 3 is 2.85 bits per heavy atom. The van der Waals surface area contributed by atoms with Crippen molar-refractivity contribution >= 4 is 26.9 Å². The summed E-state index contributed by atoms with van der Waals surface area (Å²) in [5, 5.41) is 1.05. The lowest BCUT2D eigenvalue weighted by Crippen LogP contribution is -1.83. The van der Waals surface area contributed by atoms with Gasteiger partial charge in [0.25, 0.3) is 0 Å². The van der Waals surface area contributed by atoms with Gasteiger partial charge in [0.2, 0.25) is 0 Å². The molecule has 1 heterocycles. The van der Waals surface area contributed by atoms with Gasteiger partial charge >= 0.3 is 0 Å². The molecule has 3 heteroatoms. The highest BCUT2D eigenvalue weighted by atomic mass is 79.9. The molecule has 2 nitrogen and oxygen atoms in total. The third-order valence-electron chi connectivity index (χ3n) is 1.94. The van der Waals surface area contributed by atoms with Crippen molar-refractivity contribution < 1.29 is 9.15 Å². The molecule has 0 radical (unpaired) electrons. The number of fused-ring (bicyclic) bond motifs is 1. The van der Waals surface area contributed by atoms with Gasteiger partial charge in [-0.1, -0.05) is 0 Å². The number of rotatable bonds is 1. The topological polar surface area (TPSA) is 22.4 Å². The van der Waals surface area contributed by atoms with Crippen LogP contribution in [0.5, 0.6) is 5.75 Å². The van der Waals surface area contributed by atoms with Crippen LogP contribution in [0.15, 0.2) is 27.1 Å². The maximum absolute atomic E-state index is 5.46. The molecule has 0 N–H and O–H groups in total. The van der Waals surface area contributed by atoms with Crippen LogP contribution in [-0.4, -0.2) is 7.11 Å². The normalized spacial score (nSPS) is 10.7. The number of methoxy groups -OCH3 is 1. The molecule has 0 atom stereocenters. The molecule has 0 saturated carbocycles. The van der Waals surface area contributed by atoms with E-state index in [2.05, 4.69) is 15.9 Å². The van der Waals surface area contributed by atoms with E-state index in [4.69, 9.17) is 9.15 Å². The fraction of sp³-hybridized carbons (Fsp3) is 0.200. The first-order valence-electron chi connectivity index (χ1n) is 3.95. The molecule has 0 aliphatic heterocycles. The molecule has 0 fully saturated rings. The third-order valence-corrected chi connectivity index (χ3v) is 2.76. The predicted octanol–water partition coefficient (Wildman–Crippen LogP) is 3.51. The van der Waals surface area contributed by atoms with Crippen LogP contribution >= 0.6 is 15.9 Å². The maximum Gasteiger partial charge on any atom is 0.135 e. The minimum absolute atomic E-state index is 0.827. The van der Waals surface area contributed by atoms with Crippen molar-refractivity contribution in [3.05, 3.63) is 28.4 Å². The molecule has 0 unspecified atom stereocenters. The van der Waals surface area contributed by atoms with Crippen molar-refractivity contribution in [1.82, 2.24) is 0 Å². The van der Waals surface area contributed by atoms with Gasteiger partial charge in [-0.15, -0.1) is 0 Å². The molecule has 0 bridgehead atoms. The second kappa shape index (κ2) is 3.07. The summed E-state index contributed by atoms with van der Waals surface area (Å²) >= 11 is 3.47. The molecular weight excluding hydrogens is 232 g/mol. The predicted molar refractivity (Wildman–Crippen MR) is 55.2 cm³/mol. The van der Waals surface area contributed by atoms with Gasteiger partial charge in [-0.3, -0.25) is 0 Å². The van der Waals surface area contributed by atoms with Crippen LogP contribution in [0.2, 0.25) is 0 Å². The zero-order valence-corrected chi connectivity index (χ0v) is 9.01. The largest absolute Gasteiger partial charge is 0.496 e. The summed E-state index contributed by atoms with van der Waals surface area (Å²) in [4.78, 5) is 0. The summed E-state index contributed by atoms with van der Waals surface area (Å²) in [6.07, 6.45) is 0. The number of hydrogen-bond acceptors (Lipinski definition) is 2. The van der Waals surface area contributed by atoms with Crippen LogP contribution in [0, 0.1) is 6.92 Å². The van der Waals surface area contributed by atoms with Crippen LogP contribution in [0.3, 0.4) is 0 Å². The van der Waals surface area contributed by atoms with Crippen molar-refractivity contribution in [2.75, 3.05) is 7.11 Å². The Bertz CT molecular complexity index is 445. The van der Waals surface area contributed by atoms with Crippen molar-refractivity contribution in [2.45, 2.75) is 6.92 Å². The van der Waals surface area contributed by atoms with Crippen LogP contribution in [0.4, 0.5) is 0 Å². The van der Waals surface area contributed by atoms with Crippen LogP contribution in [0.1, 0.15) is 5.76 Å². The summed E-state index contributed by atoms with van der Waals surface area (Å²) in [6, 6.07) is 5.78. The van der Waals surface area contributed by atoms with Crippen molar-refractivity contribution in [2.24, 2.45) is 0 Å². The second-order valence-electron chi connectivity index (χ2n) is 2.85. The zero-order chi connectivity index (χ0) is 9.42. The smallest absolute Gasteiger partial charge is 0.135 e. The fourth-order valence-corrected chi connectivity index (χ4v) is 1.95. The van der Waals surface area contributed by atoms with Crippen molar-refractivity contribution in [3.63, 3.8) is 0 Å². The van der Waals surface area contributed by atoms with E-state index in [0.717, 1.165) is 27.0 Å². The van der Waals surface area contributed by atoms with E-state index >= 15 is 0 Å². The Balaban J connectivity index is 2.78. The number of ether oxygens (including phenoxy) is 1. The quantitative estimate of drug-likeness (QED) is 0.762. The fourth-order valence-electron chi connectivity index (χ4n) is 1.34. The average molecular weight is 241 g/mol. The zero-order valence-electron chi connectivity index (χ0n) is 7.43. The molecule has 2 aromatic rings. The van der Waals surface area contributed by atoms with E-state index in [1.165, 1.54) is 0 Å². The minimum atomic E-state index is 0.827. The van der Waals surface area contributed by atoms with Crippen molar-refractivity contribution in [1.29, 1.82) is 0 Å². The lowest BCUT2D eigenvalue weighted by Gasteiger charge is -2.01. The van der Waals surface area contributed by atoms with Crippen LogP contribution in [-0.2, 0) is 0 Å². The molecular formula is C10H9BrO2. The number of halogens is 1. The maximum atomic E-state index is 5.46. The molecule has 1 aromatic carbocycles. The van der Waals surface area contributed by atoms with Gasteiger partial charge in [-0.2, -0.15) is 0 Å². The van der Waals surface area contributed by atoms with Gasteiger partial charge < -0.3 is 9.15 Å². The van der Waals surface area contributed by atoms with Gasteiger partial charge in [0.1, 0.15) is 17.1 Å². The number of furan rings is 1. The second-order valence-corrected chi connectivity index (χ2v) is 3.64. The Morgan fingerprint density at radius 2 is 2.15 bits per heavy atom. The molecule has 2 rings (SSSR count). The summed E-state index contributed by atoms with van der Waals surface area (Å²) in [7, 11) is 1.65. The first-order valence-corrected chi connectivity index (χ1v) is 4.74. The summed E-state index contributed by atoms with van der Waals surface area (Å²) < 4.78 is 11.6. The van der Waals surface area contributed by atoms with E-state index in [9.17, 15) is 0 Å². The number of hydrogen-bond donors (Lipinski definition) is 0. The van der Waals surface area contributed by atoms with E-state index in [0.29, 0.717) is 0 Å². The molecule has 68 valence electrons. The molecule has 13 heavy (non-hydrogen) atoms. The Morgan fingerprint density at radius 1 is 1.38 bits per heavy atom. The summed E-state index contributed by atoms with van der Waals surface area (Å²) in [5.41, 5.74) is 0.880. The van der Waals surface area contributed by atoms with E-state index < -0.39 is 0 Å². The van der Waals surface area contributed by atoms with Crippen molar-refractivity contribution in [3.8, 4) is 5.75 Å². The molecule has 0 aliphatic carbocycles. The van der Waals surface area contributed by atoms with Gasteiger partial charge in [0.05, 0.1) is 11.6 Å². The monoisotopic (exact) mass is 240 g/mol. The highest BCUT2D eigenvalue weighted by molar-refractivity contribution is 9.10. The first-order chi connectivity index (χ1) is 6.22. The van der Waals surface area contributed by atoms with E-state index in [1.807, 2.05) is 25.1 Å². The standard InChI is InChI=1S/C10H9BrO2/c1-6-5-7-8(13-6)3-4-9(12-2)10(7)11/h3-5H,1-2H3. The average Bonchev–Trinajstić information content (AvgIpc) is 2.47. The Hall–Kier alpha value is -0.960. The number of benzene rings is 1. The SMILES string of the molecule is COc1ccc2oc(C)cc2c1Br. The van der Waals surface area contributed by atoms with Gasteiger partial charge in [0.15, 0.2) is 0 Å². The molecule has 0 aliphatic rings. The van der Waals surface area contributed by atoms with Gasteiger partial charge in [-0.25, -0.2) is 0 Å². The Kier molecular flexibility index (Phi) is 2.04. The third kappa shape index (κ3) is 1.33. The van der Waals surface area contributed by atoms with Crippen LogP contribution < -0.4 is 4.74 Å². The van der Waals surface area contributed by atoms with Gasteiger partial charge in [0, 0.05) is 5.39 Å². The summed E-state index contributed by atoms with van der Waals surface area (Å²) in [6.45, 7) is 1.93. The first kappa shape index (κ1) is 8.63. The number of aryl methyl sites for hydroxylation is 1. The Labute approximate surface area is 84.6 Å². The van der Waals surface area contributed by atoms with E-state index in [1.54, 1.807) is 7.11 Å². The van der Waals surface area contributed by atoms with Crippen LogP contribution in [0.25, 0.3) is 11.0 Å². The van der Waals surface area contributed by atoms with Gasteiger partial charge in [-0.05, 0) is 41.1 Å². The summed E-state index contributed by atoms with van der Waals surface area (Å²) in [5.74, 6) is 1.73. The highest BCUT2D eigenvalue weighted by Crippen LogP contribution is 2.34. The lowest BCUT2D eigenvalue weighted by molar-refractivity contribution is 0.412. The highest BCUT2D eigenvalue weighted by Gasteiger charge is 2.08. The lowest BCUT2D eigenvalue weighted by atomic mass is 10.2. The molecule has 0 spiro atoms. The molecule has 0 saturated heterocycles. The molecule has 0 amide bonds. The minimum Gasteiger partial charge on any atom is -0.496 e. The van der Waals surface area contributed by atoms with E-state index in [-0.39, 0.29) is 0 Å². The molecule has 1 aromatic heterocycles.